The molecule has 6 nitrogen and oxygen atoms in total. The number of carbonyl (C=O) groups excluding carboxylic acids is 1. The number of amides is 1. The molecule has 28 heavy (non-hydrogen) atoms. The summed E-state index contributed by atoms with van der Waals surface area (Å²) in [7, 11) is 0. The van der Waals surface area contributed by atoms with Gasteiger partial charge in [0.05, 0.1) is 5.75 Å². The highest BCUT2D eigenvalue weighted by atomic mass is 35.5. The van der Waals surface area contributed by atoms with E-state index < -0.39 is 0 Å². The summed E-state index contributed by atoms with van der Waals surface area (Å²) in [5, 5.41) is 4.40. The van der Waals surface area contributed by atoms with Crippen molar-refractivity contribution in [3.8, 4) is 11.5 Å². The van der Waals surface area contributed by atoms with Crippen LogP contribution in [-0.4, -0.2) is 30.0 Å². The first-order valence-corrected chi connectivity index (χ1v) is 10.6. The molecule has 0 aliphatic carbocycles. The van der Waals surface area contributed by atoms with Crippen molar-refractivity contribution >= 4 is 63.9 Å². The number of fused-ring (bicyclic) bond motifs is 1. The van der Waals surface area contributed by atoms with Gasteiger partial charge in [-0.2, -0.15) is 0 Å². The number of hydrogen-bond acceptors (Lipinski definition) is 5. The fourth-order valence-electron chi connectivity index (χ4n) is 2.34. The van der Waals surface area contributed by atoms with Gasteiger partial charge in [0, 0.05) is 27.6 Å². The molecule has 3 rings (SSSR count). The molecule has 2 aromatic carbocycles. The number of hydrazine groups is 1. The van der Waals surface area contributed by atoms with E-state index in [9.17, 15) is 4.79 Å². The summed E-state index contributed by atoms with van der Waals surface area (Å²) in [5.41, 5.74) is 6.87. The van der Waals surface area contributed by atoms with Crippen LogP contribution in [0.15, 0.2) is 36.4 Å². The quantitative estimate of drug-likeness (QED) is 0.462. The smallest absolute Gasteiger partial charge is 0.248 e. The lowest BCUT2D eigenvalue weighted by molar-refractivity contribution is -0.119. The summed E-state index contributed by atoms with van der Waals surface area (Å²) in [4.78, 5) is 11.9. The first kappa shape index (κ1) is 20.9. The maximum atomic E-state index is 11.9. The molecule has 2 aromatic rings. The molecular weight excluding hydrogens is 441 g/mol. The van der Waals surface area contributed by atoms with Gasteiger partial charge < -0.3 is 14.8 Å². The van der Waals surface area contributed by atoms with Gasteiger partial charge in [-0.3, -0.25) is 15.6 Å². The van der Waals surface area contributed by atoms with Crippen molar-refractivity contribution in [3.63, 3.8) is 0 Å². The van der Waals surface area contributed by atoms with E-state index >= 15 is 0 Å². The summed E-state index contributed by atoms with van der Waals surface area (Å²) < 4.78 is 11.0. The van der Waals surface area contributed by atoms with Crippen LogP contribution in [0.4, 0.5) is 5.69 Å². The molecule has 1 aliphatic rings. The highest BCUT2D eigenvalue weighted by molar-refractivity contribution is 7.99. The zero-order valence-corrected chi connectivity index (χ0v) is 17.7. The Bertz CT molecular complexity index is 883. The van der Waals surface area contributed by atoms with Crippen LogP contribution < -0.4 is 25.6 Å². The summed E-state index contributed by atoms with van der Waals surface area (Å²) in [6.07, 6.45) is 0. The van der Waals surface area contributed by atoms with Crippen LogP contribution in [0.5, 0.6) is 11.5 Å². The average molecular weight is 458 g/mol. The number of benzene rings is 2. The van der Waals surface area contributed by atoms with E-state index in [-0.39, 0.29) is 16.8 Å². The van der Waals surface area contributed by atoms with E-state index in [1.54, 1.807) is 24.3 Å². The number of ether oxygens (including phenoxy) is 2. The van der Waals surface area contributed by atoms with Gasteiger partial charge in [0.15, 0.2) is 16.6 Å². The Morgan fingerprint density at radius 1 is 1.07 bits per heavy atom. The number of nitrogens with one attached hydrogen (secondary N) is 3. The van der Waals surface area contributed by atoms with Crippen molar-refractivity contribution in [1.82, 2.24) is 10.9 Å². The maximum absolute atomic E-state index is 11.9. The van der Waals surface area contributed by atoms with Crippen molar-refractivity contribution < 1.29 is 14.3 Å². The van der Waals surface area contributed by atoms with Crippen molar-refractivity contribution in [2.75, 3.05) is 24.3 Å². The fraction of sp³-hybridized carbons (Fsp3) is 0.222. The molecule has 148 valence electrons. The SMILES string of the molecule is O=C(CSCc1ccc(Cl)cc1Cl)NNC(=S)Nc1ccc2c(c1)OCCO2. The fourth-order valence-corrected chi connectivity index (χ4v) is 3.89. The zero-order chi connectivity index (χ0) is 19.9. The van der Waals surface area contributed by atoms with Gasteiger partial charge in [0.2, 0.25) is 5.91 Å². The van der Waals surface area contributed by atoms with Crippen molar-refractivity contribution in [2.24, 2.45) is 0 Å². The van der Waals surface area contributed by atoms with Gasteiger partial charge in [-0.15, -0.1) is 11.8 Å². The number of rotatable bonds is 5. The van der Waals surface area contributed by atoms with E-state index in [2.05, 4.69) is 16.2 Å². The van der Waals surface area contributed by atoms with Gasteiger partial charge in [-0.25, -0.2) is 0 Å². The predicted molar refractivity (Wildman–Crippen MR) is 118 cm³/mol. The molecule has 0 saturated heterocycles. The molecule has 3 N–H and O–H groups in total. The number of halogens is 2. The lowest BCUT2D eigenvalue weighted by Gasteiger charge is -2.19. The molecule has 1 aliphatic heterocycles. The predicted octanol–water partition coefficient (Wildman–Crippen LogP) is 4.02. The summed E-state index contributed by atoms with van der Waals surface area (Å²) in [5.74, 6) is 1.99. The molecule has 1 amide bonds. The topological polar surface area (TPSA) is 71.6 Å². The largest absolute Gasteiger partial charge is 0.486 e. The lowest BCUT2D eigenvalue weighted by Crippen LogP contribution is -2.44. The Hall–Kier alpha value is -1.87. The Morgan fingerprint density at radius 3 is 2.64 bits per heavy atom. The normalized spacial score (nSPS) is 12.2. The van der Waals surface area contributed by atoms with Crippen LogP contribution in [0.25, 0.3) is 0 Å². The Balaban J connectivity index is 1.38. The number of anilines is 1. The molecule has 0 unspecified atom stereocenters. The second kappa shape index (κ2) is 10.1. The first-order valence-electron chi connectivity index (χ1n) is 8.28. The highest BCUT2D eigenvalue weighted by Crippen LogP contribution is 2.32. The molecule has 0 atom stereocenters. The third kappa shape index (κ3) is 6.07. The highest BCUT2D eigenvalue weighted by Gasteiger charge is 2.12. The minimum atomic E-state index is -0.207. The van der Waals surface area contributed by atoms with Crippen LogP contribution in [0.3, 0.4) is 0 Å². The second-order valence-corrected chi connectivity index (χ2v) is 7.95. The Labute approximate surface area is 182 Å². The monoisotopic (exact) mass is 457 g/mol. The van der Waals surface area contributed by atoms with Gasteiger partial charge in [0.1, 0.15) is 13.2 Å². The van der Waals surface area contributed by atoms with Crippen molar-refractivity contribution in [2.45, 2.75) is 5.75 Å². The van der Waals surface area contributed by atoms with Crippen molar-refractivity contribution in [1.29, 1.82) is 0 Å². The van der Waals surface area contributed by atoms with E-state index in [0.29, 0.717) is 40.5 Å². The second-order valence-electron chi connectivity index (χ2n) is 5.71. The summed E-state index contributed by atoms with van der Waals surface area (Å²) in [6.45, 7) is 1.04. The van der Waals surface area contributed by atoms with E-state index in [0.717, 1.165) is 11.3 Å². The van der Waals surface area contributed by atoms with Crippen LogP contribution in [0.1, 0.15) is 5.56 Å². The molecular formula is C18H17Cl2N3O3S2. The summed E-state index contributed by atoms with van der Waals surface area (Å²) >= 11 is 18.6. The van der Waals surface area contributed by atoms with Crippen LogP contribution in [0, 0.1) is 0 Å². The molecule has 0 saturated carbocycles. The Kier molecular flexibility index (Phi) is 7.50. The molecule has 10 heteroatoms. The third-order valence-corrected chi connectivity index (χ3v) is 5.39. The van der Waals surface area contributed by atoms with E-state index in [1.807, 2.05) is 12.1 Å². The first-order chi connectivity index (χ1) is 13.5. The van der Waals surface area contributed by atoms with Crippen LogP contribution in [0.2, 0.25) is 10.0 Å². The van der Waals surface area contributed by atoms with Crippen LogP contribution >= 0.6 is 47.2 Å². The Morgan fingerprint density at radius 2 is 1.86 bits per heavy atom. The zero-order valence-electron chi connectivity index (χ0n) is 14.6. The maximum Gasteiger partial charge on any atom is 0.248 e. The lowest BCUT2D eigenvalue weighted by atomic mass is 10.2. The van der Waals surface area contributed by atoms with Gasteiger partial charge in [-0.1, -0.05) is 29.3 Å². The third-order valence-electron chi connectivity index (χ3n) is 3.62. The van der Waals surface area contributed by atoms with Gasteiger partial charge >= 0.3 is 0 Å². The standard InChI is InChI=1S/C18H17Cl2N3O3S2/c19-12-2-1-11(14(20)7-12)9-28-10-17(24)22-23-18(27)21-13-3-4-15-16(8-13)26-6-5-25-15/h1-4,7-8H,5-6,9-10H2,(H,22,24)(H2,21,23,27). The number of thiocarbonyl (C=S) groups is 1. The molecule has 0 spiro atoms. The number of thioether (sulfide) groups is 1. The minimum Gasteiger partial charge on any atom is -0.486 e. The van der Waals surface area contributed by atoms with E-state index in [1.165, 1.54) is 11.8 Å². The number of carbonyl (C=O) groups is 1. The van der Waals surface area contributed by atoms with Gasteiger partial charge in [-0.05, 0) is 42.0 Å². The number of hydrogen-bond donors (Lipinski definition) is 3. The van der Waals surface area contributed by atoms with Crippen LogP contribution in [-0.2, 0) is 10.5 Å². The minimum absolute atomic E-state index is 0.207. The van der Waals surface area contributed by atoms with Gasteiger partial charge in [0.25, 0.3) is 0 Å². The molecule has 1 heterocycles. The van der Waals surface area contributed by atoms with Crippen molar-refractivity contribution in [3.05, 3.63) is 52.0 Å². The molecule has 0 radical (unpaired) electrons. The molecule has 0 bridgehead atoms. The summed E-state index contributed by atoms with van der Waals surface area (Å²) in [6, 6.07) is 10.7. The van der Waals surface area contributed by atoms with E-state index in [4.69, 9.17) is 44.9 Å². The molecule has 0 aromatic heterocycles. The molecule has 0 fully saturated rings. The average Bonchev–Trinajstić information content (AvgIpc) is 2.68.